The van der Waals surface area contributed by atoms with E-state index in [2.05, 4.69) is 5.32 Å². The molecule has 88 valence electrons. The van der Waals surface area contributed by atoms with E-state index in [0.29, 0.717) is 17.6 Å². The molecule has 4 nitrogen and oxygen atoms in total. The van der Waals surface area contributed by atoms with Crippen LogP contribution in [0.25, 0.3) is 0 Å². The summed E-state index contributed by atoms with van der Waals surface area (Å²) < 4.78 is 28.3. The van der Waals surface area contributed by atoms with Crippen molar-refractivity contribution in [2.24, 2.45) is 0 Å². The Labute approximate surface area is 91.3 Å². The molecule has 2 atom stereocenters. The zero-order valence-corrected chi connectivity index (χ0v) is 9.76. The van der Waals surface area contributed by atoms with Crippen molar-refractivity contribution in [3.05, 3.63) is 0 Å². The summed E-state index contributed by atoms with van der Waals surface area (Å²) in [7, 11) is -2.78. The summed E-state index contributed by atoms with van der Waals surface area (Å²) in [5.41, 5.74) is 0. The molecule has 0 aromatic rings. The molecule has 0 radical (unpaired) electrons. The molecule has 2 unspecified atom stereocenters. The van der Waals surface area contributed by atoms with Gasteiger partial charge in [0.05, 0.1) is 17.6 Å². The summed E-state index contributed by atoms with van der Waals surface area (Å²) in [6, 6.07) is 0.146. The Kier molecular flexibility index (Phi) is 3.64. The minimum atomic E-state index is -2.78. The number of nitrogens with one attached hydrogen (secondary N) is 1. The summed E-state index contributed by atoms with van der Waals surface area (Å²) in [5, 5.41) is 3.31. The van der Waals surface area contributed by atoms with Crippen LogP contribution >= 0.6 is 0 Å². The van der Waals surface area contributed by atoms with Crippen LogP contribution in [0.15, 0.2) is 0 Å². The first-order valence-electron chi connectivity index (χ1n) is 5.71. The predicted octanol–water partition coefficient (Wildman–Crippen LogP) is 0.332. The minimum absolute atomic E-state index is 0.146. The van der Waals surface area contributed by atoms with E-state index in [9.17, 15) is 8.42 Å². The number of rotatable bonds is 3. The summed E-state index contributed by atoms with van der Waals surface area (Å²) >= 11 is 0. The molecule has 0 saturated carbocycles. The van der Waals surface area contributed by atoms with Crippen LogP contribution in [0.2, 0.25) is 0 Å². The van der Waals surface area contributed by atoms with Crippen molar-refractivity contribution in [2.45, 2.75) is 37.8 Å². The molecule has 5 heteroatoms. The number of sulfone groups is 1. The first-order valence-corrected chi connectivity index (χ1v) is 7.53. The highest BCUT2D eigenvalue weighted by Crippen LogP contribution is 2.14. The lowest BCUT2D eigenvalue weighted by molar-refractivity contribution is 0.107. The predicted molar refractivity (Wildman–Crippen MR) is 58.7 cm³/mol. The Balaban J connectivity index is 1.74. The van der Waals surface area contributed by atoms with E-state index >= 15 is 0 Å². The third-order valence-electron chi connectivity index (χ3n) is 3.12. The van der Waals surface area contributed by atoms with Gasteiger partial charge in [0.1, 0.15) is 0 Å². The molecule has 2 heterocycles. The molecule has 0 aromatic carbocycles. The fourth-order valence-corrected chi connectivity index (χ4v) is 3.96. The standard InChI is InChI=1S/C10H19NO3S/c12-15(13)6-2-3-9(8-15)11-7-10-4-1-5-14-10/h9-11H,1-8H2. The Morgan fingerprint density at radius 3 is 2.80 bits per heavy atom. The van der Waals surface area contributed by atoms with E-state index in [-0.39, 0.29) is 6.04 Å². The molecular formula is C10H19NO3S. The van der Waals surface area contributed by atoms with Gasteiger partial charge in [-0.15, -0.1) is 0 Å². The molecular weight excluding hydrogens is 214 g/mol. The summed E-state index contributed by atoms with van der Waals surface area (Å²) in [5.74, 6) is 0.671. The number of ether oxygens (including phenoxy) is 1. The molecule has 1 N–H and O–H groups in total. The molecule has 0 spiro atoms. The SMILES string of the molecule is O=S1(=O)CCCC(NCC2CCCO2)C1. The third-order valence-corrected chi connectivity index (χ3v) is 4.94. The average molecular weight is 233 g/mol. The third kappa shape index (κ3) is 3.43. The van der Waals surface area contributed by atoms with Crippen LogP contribution in [-0.2, 0) is 14.6 Å². The summed E-state index contributed by atoms with van der Waals surface area (Å²) in [6.07, 6.45) is 4.31. The molecule has 0 aromatic heterocycles. The Hall–Kier alpha value is -0.130. The van der Waals surface area contributed by atoms with Gasteiger partial charge in [-0.25, -0.2) is 8.42 Å². The van der Waals surface area contributed by atoms with Gasteiger partial charge in [0.15, 0.2) is 9.84 Å². The van der Waals surface area contributed by atoms with Crippen LogP contribution in [0.3, 0.4) is 0 Å². The highest BCUT2D eigenvalue weighted by atomic mass is 32.2. The minimum Gasteiger partial charge on any atom is -0.377 e. The van der Waals surface area contributed by atoms with Crippen molar-refractivity contribution in [3.8, 4) is 0 Å². The van der Waals surface area contributed by atoms with Crippen molar-refractivity contribution in [2.75, 3.05) is 24.7 Å². The van der Waals surface area contributed by atoms with Gasteiger partial charge in [-0.2, -0.15) is 0 Å². The highest BCUT2D eigenvalue weighted by molar-refractivity contribution is 7.91. The Morgan fingerprint density at radius 1 is 1.27 bits per heavy atom. The maximum atomic E-state index is 11.4. The molecule has 0 aliphatic carbocycles. The maximum absolute atomic E-state index is 11.4. The van der Waals surface area contributed by atoms with E-state index in [1.165, 1.54) is 0 Å². The highest BCUT2D eigenvalue weighted by Gasteiger charge is 2.25. The first-order chi connectivity index (χ1) is 7.16. The van der Waals surface area contributed by atoms with E-state index in [0.717, 1.165) is 38.8 Å². The molecule has 15 heavy (non-hydrogen) atoms. The van der Waals surface area contributed by atoms with E-state index in [1.54, 1.807) is 0 Å². The fraction of sp³-hybridized carbons (Fsp3) is 1.00. The van der Waals surface area contributed by atoms with Gasteiger partial charge in [0, 0.05) is 19.2 Å². The van der Waals surface area contributed by atoms with Crippen LogP contribution in [0.1, 0.15) is 25.7 Å². The quantitative estimate of drug-likeness (QED) is 0.763. The van der Waals surface area contributed by atoms with Crippen LogP contribution in [-0.4, -0.2) is 45.2 Å². The average Bonchev–Trinajstić information content (AvgIpc) is 2.65. The van der Waals surface area contributed by atoms with Gasteiger partial charge in [0.25, 0.3) is 0 Å². The second-order valence-electron chi connectivity index (χ2n) is 4.50. The van der Waals surface area contributed by atoms with E-state index in [1.807, 2.05) is 0 Å². The Morgan fingerprint density at radius 2 is 2.13 bits per heavy atom. The van der Waals surface area contributed by atoms with E-state index in [4.69, 9.17) is 4.74 Å². The van der Waals surface area contributed by atoms with Crippen molar-refractivity contribution < 1.29 is 13.2 Å². The lowest BCUT2D eigenvalue weighted by Gasteiger charge is -2.24. The molecule has 0 amide bonds. The number of hydrogen-bond acceptors (Lipinski definition) is 4. The van der Waals surface area contributed by atoms with E-state index < -0.39 is 9.84 Å². The largest absolute Gasteiger partial charge is 0.377 e. The molecule has 2 aliphatic rings. The van der Waals surface area contributed by atoms with Crippen molar-refractivity contribution in [1.82, 2.24) is 5.32 Å². The Bertz CT molecular complexity index is 296. The van der Waals surface area contributed by atoms with Crippen LogP contribution in [0.5, 0.6) is 0 Å². The fourth-order valence-electron chi connectivity index (χ4n) is 2.29. The smallest absolute Gasteiger partial charge is 0.151 e. The van der Waals surface area contributed by atoms with Crippen LogP contribution in [0.4, 0.5) is 0 Å². The van der Waals surface area contributed by atoms with Crippen molar-refractivity contribution >= 4 is 9.84 Å². The van der Waals surface area contributed by atoms with Crippen LogP contribution in [0, 0.1) is 0 Å². The zero-order chi connectivity index (χ0) is 10.7. The van der Waals surface area contributed by atoms with Gasteiger partial charge in [0.2, 0.25) is 0 Å². The molecule has 2 rings (SSSR count). The summed E-state index contributed by atoms with van der Waals surface area (Å²) in [6.45, 7) is 1.66. The van der Waals surface area contributed by atoms with Gasteiger partial charge in [-0.05, 0) is 25.7 Å². The lowest BCUT2D eigenvalue weighted by Crippen LogP contribution is -2.43. The first kappa shape index (κ1) is 11.4. The van der Waals surface area contributed by atoms with Gasteiger partial charge in [-0.1, -0.05) is 0 Å². The van der Waals surface area contributed by atoms with Gasteiger partial charge >= 0.3 is 0 Å². The van der Waals surface area contributed by atoms with Crippen LogP contribution < -0.4 is 5.32 Å². The van der Waals surface area contributed by atoms with Gasteiger partial charge in [-0.3, -0.25) is 0 Å². The van der Waals surface area contributed by atoms with Gasteiger partial charge < -0.3 is 10.1 Å². The second kappa shape index (κ2) is 4.80. The summed E-state index contributed by atoms with van der Waals surface area (Å²) in [4.78, 5) is 0. The van der Waals surface area contributed by atoms with Crippen molar-refractivity contribution in [3.63, 3.8) is 0 Å². The monoisotopic (exact) mass is 233 g/mol. The maximum Gasteiger partial charge on any atom is 0.151 e. The number of hydrogen-bond donors (Lipinski definition) is 1. The molecule has 2 saturated heterocycles. The lowest BCUT2D eigenvalue weighted by atomic mass is 10.1. The molecule has 2 aliphatic heterocycles. The molecule has 0 bridgehead atoms. The molecule has 2 fully saturated rings. The zero-order valence-electron chi connectivity index (χ0n) is 8.94. The normalized spacial score (nSPS) is 35.5. The van der Waals surface area contributed by atoms with Crippen molar-refractivity contribution in [1.29, 1.82) is 0 Å². The topological polar surface area (TPSA) is 55.4 Å². The second-order valence-corrected chi connectivity index (χ2v) is 6.73.